The highest BCUT2D eigenvalue weighted by molar-refractivity contribution is 5.93. The molecule has 1 aliphatic rings. The first-order chi connectivity index (χ1) is 14.8. The van der Waals surface area contributed by atoms with E-state index in [2.05, 4.69) is 20.5 Å². The molecule has 0 aliphatic heterocycles. The molecule has 0 unspecified atom stereocenters. The van der Waals surface area contributed by atoms with Gasteiger partial charge in [-0.1, -0.05) is 37.5 Å². The topological polar surface area (TPSA) is 85.1 Å². The first-order valence-electron chi connectivity index (χ1n) is 10.3. The maximum absolute atomic E-state index is 12.6. The SMILES string of the molecule is O=C(Nc1cccc(-c2ccc3nnc(-c4ccccn4)n3n2)c1)C1CCCCC1. The average Bonchev–Trinajstić information content (AvgIpc) is 3.24. The molecule has 1 saturated carbocycles. The number of hydrogen-bond acceptors (Lipinski definition) is 5. The summed E-state index contributed by atoms with van der Waals surface area (Å²) in [4.78, 5) is 17.0. The van der Waals surface area contributed by atoms with Crippen molar-refractivity contribution in [3.8, 4) is 22.8 Å². The number of carbonyl (C=O) groups is 1. The standard InChI is InChI=1S/C23H22N6O/c30-23(16-7-2-1-3-8-16)25-18-10-6-9-17(15-18)19-12-13-21-26-27-22(29(21)28-19)20-11-4-5-14-24-20/h4-6,9-16H,1-3,7-8H2,(H,25,30). The van der Waals surface area contributed by atoms with E-state index in [4.69, 9.17) is 5.10 Å². The number of amides is 1. The predicted molar refractivity (Wildman–Crippen MR) is 115 cm³/mol. The molecule has 3 aromatic heterocycles. The van der Waals surface area contributed by atoms with E-state index in [1.54, 1.807) is 10.7 Å². The second-order valence-electron chi connectivity index (χ2n) is 7.63. The van der Waals surface area contributed by atoms with E-state index in [1.165, 1.54) is 6.42 Å². The van der Waals surface area contributed by atoms with Crippen molar-refractivity contribution in [2.24, 2.45) is 5.92 Å². The molecule has 0 atom stereocenters. The number of hydrogen-bond donors (Lipinski definition) is 1. The lowest BCUT2D eigenvalue weighted by atomic mass is 9.88. The monoisotopic (exact) mass is 398 g/mol. The number of pyridine rings is 1. The van der Waals surface area contributed by atoms with Crippen LogP contribution < -0.4 is 5.32 Å². The number of carbonyl (C=O) groups excluding carboxylic acids is 1. The molecule has 1 fully saturated rings. The normalized spacial score (nSPS) is 14.7. The van der Waals surface area contributed by atoms with Crippen LogP contribution in [0.25, 0.3) is 28.4 Å². The lowest BCUT2D eigenvalue weighted by molar-refractivity contribution is -0.120. The highest BCUT2D eigenvalue weighted by Gasteiger charge is 2.21. The summed E-state index contributed by atoms with van der Waals surface area (Å²) in [5.41, 5.74) is 3.84. The van der Waals surface area contributed by atoms with Crippen LogP contribution in [0.3, 0.4) is 0 Å². The van der Waals surface area contributed by atoms with Crippen LogP contribution in [0.5, 0.6) is 0 Å². The number of benzene rings is 1. The van der Waals surface area contributed by atoms with Gasteiger partial charge in [-0.15, -0.1) is 10.2 Å². The molecule has 1 aliphatic carbocycles. The third kappa shape index (κ3) is 3.66. The lowest BCUT2D eigenvalue weighted by Gasteiger charge is -2.20. The fourth-order valence-electron chi connectivity index (χ4n) is 3.96. The van der Waals surface area contributed by atoms with Crippen molar-refractivity contribution in [2.45, 2.75) is 32.1 Å². The van der Waals surface area contributed by atoms with Gasteiger partial charge in [0.2, 0.25) is 11.7 Å². The summed E-state index contributed by atoms with van der Waals surface area (Å²) in [6, 6.07) is 17.2. The Hall–Kier alpha value is -3.61. The Balaban J connectivity index is 1.44. The summed E-state index contributed by atoms with van der Waals surface area (Å²) >= 11 is 0. The molecule has 1 amide bonds. The van der Waals surface area contributed by atoms with Crippen LogP contribution in [0.1, 0.15) is 32.1 Å². The molecular weight excluding hydrogens is 376 g/mol. The molecule has 30 heavy (non-hydrogen) atoms. The van der Waals surface area contributed by atoms with Crippen molar-refractivity contribution in [1.29, 1.82) is 0 Å². The fourth-order valence-corrected chi connectivity index (χ4v) is 3.96. The molecule has 0 spiro atoms. The van der Waals surface area contributed by atoms with Gasteiger partial charge in [-0.05, 0) is 49.2 Å². The summed E-state index contributed by atoms with van der Waals surface area (Å²) < 4.78 is 1.70. The number of rotatable bonds is 4. The Morgan fingerprint density at radius 1 is 0.933 bits per heavy atom. The Morgan fingerprint density at radius 2 is 1.83 bits per heavy atom. The summed E-state index contributed by atoms with van der Waals surface area (Å²) in [7, 11) is 0. The fraction of sp³-hybridized carbons (Fsp3) is 0.261. The third-order valence-electron chi connectivity index (χ3n) is 5.56. The first kappa shape index (κ1) is 18.4. The Kier molecular flexibility index (Phi) is 4.93. The zero-order valence-corrected chi connectivity index (χ0v) is 16.5. The van der Waals surface area contributed by atoms with E-state index in [9.17, 15) is 4.79 Å². The van der Waals surface area contributed by atoms with Gasteiger partial charge < -0.3 is 5.32 Å². The van der Waals surface area contributed by atoms with Crippen molar-refractivity contribution in [3.05, 3.63) is 60.8 Å². The predicted octanol–water partition coefficient (Wildman–Crippen LogP) is 4.37. The minimum absolute atomic E-state index is 0.117. The zero-order valence-electron chi connectivity index (χ0n) is 16.5. The quantitative estimate of drug-likeness (QED) is 0.552. The molecule has 1 N–H and O–H groups in total. The van der Waals surface area contributed by atoms with Crippen LogP contribution in [-0.2, 0) is 4.79 Å². The molecule has 0 radical (unpaired) electrons. The van der Waals surface area contributed by atoms with Gasteiger partial charge in [0, 0.05) is 23.4 Å². The summed E-state index contributed by atoms with van der Waals surface area (Å²) in [5, 5.41) is 16.2. The van der Waals surface area contributed by atoms with Gasteiger partial charge in [0.15, 0.2) is 5.65 Å². The van der Waals surface area contributed by atoms with E-state index >= 15 is 0 Å². The second kappa shape index (κ2) is 8.02. The molecule has 150 valence electrons. The van der Waals surface area contributed by atoms with Crippen LogP contribution >= 0.6 is 0 Å². The Bertz CT molecular complexity index is 1180. The van der Waals surface area contributed by atoms with Crippen LogP contribution in [0.15, 0.2) is 60.8 Å². The number of nitrogens with one attached hydrogen (secondary N) is 1. The molecule has 0 bridgehead atoms. The molecule has 3 heterocycles. The lowest BCUT2D eigenvalue weighted by Crippen LogP contribution is -2.24. The van der Waals surface area contributed by atoms with Crippen molar-refractivity contribution in [1.82, 2.24) is 24.8 Å². The molecule has 5 rings (SSSR count). The minimum Gasteiger partial charge on any atom is -0.326 e. The number of fused-ring (bicyclic) bond motifs is 1. The van der Waals surface area contributed by atoms with Gasteiger partial charge in [-0.3, -0.25) is 9.78 Å². The Morgan fingerprint density at radius 3 is 2.67 bits per heavy atom. The molecular formula is C23H22N6O. The largest absolute Gasteiger partial charge is 0.326 e. The van der Waals surface area contributed by atoms with Gasteiger partial charge >= 0.3 is 0 Å². The number of anilines is 1. The van der Waals surface area contributed by atoms with Crippen LogP contribution in [0.4, 0.5) is 5.69 Å². The Labute approximate surface area is 174 Å². The maximum atomic E-state index is 12.6. The van der Waals surface area contributed by atoms with E-state index in [0.29, 0.717) is 17.2 Å². The van der Waals surface area contributed by atoms with Crippen LogP contribution in [0, 0.1) is 5.92 Å². The molecule has 7 heteroatoms. The summed E-state index contributed by atoms with van der Waals surface area (Å²) in [6.45, 7) is 0. The van der Waals surface area contributed by atoms with Crippen molar-refractivity contribution in [2.75, 3.05) is 5.32 Å². The van der Waals surface area contributed by atoms with Crippen molar-refractivity contribution in [3.63, 3.8) is 0 Å². The average molecular weight is 398 g/mol. The summed E-state index contributed by atoms with van der Waals surface area (Å²) in [6.07, 6.45) is 7.19. The molecule has 4 aromatic rings. The number of aromatic nitrogens is 5. The van der Waals surface area contributed by atoms with Gasteiger partial charge in [0.1, 0.15) is 5.69 Å². The van der Waals surface area contributed by atoms with Crippen molar-refractivity contribution < 1.29 is 4.79 Å². The maximum Gasteiger partial charge on any atom is 0.227 e. The molecule has 1 aromatic carbocycles. The van der Waals surface area contributed by atoms with Gasteiger partial charge in [-0.25, -0.2) is 0 Å². The summed E-state index contributed by atoms with van der Waals surface area (Å²) in [5.74, 6) is 0.829. The smallest absolute Gasteiger partial charge is 0.227 e. The van der Waals surface area contributed by atoms with Gasteiger partial charge in [0.25, 0.3) is 0 Å². The van der Waals surface area contributed by atoms with E-state index in [-0.39, 0.29) is 11.8 Å². The van der Waals surface area contributed by atoms with Crippen LogP contribution in [0.2, 0.25) is 0 Å². The first-order valence-corrected chi connectivity index (χ1v) is 10.3. The van der Waals surface area contributed by atoms with Crippen molar-refractivity contribution >= 4 is 17.2 Å². The number of nitrogens with zero attached hydrogens (tertiary/aromatic N) is 5. The van der Waals surface area contributed by atoms with Gasteiger partial charge in [0.05, 0.1) is 5.69 Å². The van der Waals surface area contributed by atoms with E-state index in [1.807, 2.05) is 54.6 Å². The second-order valence-corrected chi connectivity index (χ2v) is 7.63. The van der Waals surface area contributed by atoms with Gasteiger partial charge in [-0.2, -0.15) is 9.61 Å². The highest BCUT2D eigenvalue weighted by atomic mass is 16.1. The highest BCUT2D eigenvalue weighted by Crippen LogP contribution is 2.27. The zero-order chi connectivity index (χ0) is 20.3. The van der Waals surface area contributed by atoms with E-state index < -0.39 is 0 Å². The van der Waals surface area contributed by atoms with Crippen LogP contribution in [-0.4, -0.2) is 30.7 Å². The molecule has 7 nitrogen and oxygen atoms in total. The minimum atomic E-state index is 0.117. The molecule has 0 saturated heterocycles. The third-order valence-corrected chi connectivity index (χ3v) is 5.56. The van der Waals surface area contributed by atoms with E-state index in [0.717, 1.165) is 42.6 Å².